The molecule has 3 nitrogen and oxygen atoms in total. The normalized spacial score (nSPS) is 27.4. The zero-order valence-electron chi connectivity index (χ0n) is 17.8. The maximum Gasteiger partial charge on any atom is 0.314 e. The molecule has 0 spiro atoms. The number of carbonyl (C=O) groups is 1. The molecule has 0 unspecified atom stereocenters. The number of ether oxygens (including phenoxy) is 1. The lowest BCUT2D eigenvalue weighted by atomic mass is 9.79. The van der Waals surface area contributed by atoms with Crippen molar-refractivity contribution >= 4 is 5.97 Å². The van der Waals surface area contributed by atoms with Crippen molar-refractivity contribution in [1.82, 2.24) is 0 Å². The van der Waals surface area contributed by atoms with Gasteiger partial charge in [0.05, 0.1) is 17.6 Å². The van der Waals surface area contributed by atoms with E-state index in [4.69, 9.17) is 10.00 Å². The van der Waals surface area contributed by atoms with Crippen molar-refractivity contribution in [3.05, 3.63) is 42.0 Å². The number of carbonyl (C=O) groups excluding carboxylic acids is 1. The van der Waals surface area contributed by atoms with Crippen molar-refractivity contribution in [2.75, 3.05) is 0 Å². The largest absolute Gasteiger partial charge is 0.426 e. The van der Waals surface area contributed by atoms with E-state index in [9.17, 15) is 4.79 Å². The molecule has 3 rings (SSSR count). The standard InChI is InChI=1S/C26H35NO2/c1-2-20-7-9-21(10-8-20)5-3-4-6-22-11-15-24(16-12-22)26(28)29-25-17-13-23(19-27)14-18-25/h4,6,13-14,17-18,20-22,24H,2-3,5,7-12,15-16H2,1H3/b6-4+. The number of allylic oxidation sites excluding steroid dienone is 2. The first-order valence-electron chi connectivity index (χ1n) is 11.6. The molecule has 0 aromatic heterocycles. The van der Waals surface area contributed by atoms with Crippen LogP contribution in [0.2, 0.25) is 0 Å². The molecular formula is C26H35NO2. The molecule has 0 bridgehead atoms. The Morgan fingerprint density at radius 1 is 1.03 bits per heavy atom. The lowest BCUT2D eigenvalue weighted by molar-refractivity contribution is -0.140. The Balaban J connectivity index is 1.33. The van der Waals surface area contributed by atoms with Gasteiger partial charge in [0, 0.05) is 0 Å². The van der Waals surface area contributed by atoms with E-state index in [2.05, 4.69) is 25.1 Å². The maximum absolute atomic E-state index is 12.4. The second kappa shape index (κ2) is 11.2. The summed E-state index contributed by atoms with van der Waals surface area (Å²) in [6.45, 7) is 2.33. The molecule has 2 aliphatic carbocycles. The summed E-state index contributed by atoms with van der Waals surface area (Å²) in [6.07, 6.45) is 18.4. The summed E-state index contributed by atoms with van der Waals surface area (Å²) in [4.78, 5) is 12.4. The summed E-state index contributed by atoms with van der Waals surface area (Å²) < 4.78 is 5.50. The van der Waals surface area contributed by atoms with Crippen LogP contribution >= 0.6 is 0 Å². The Kier molecular flexibility index (Phi) is 8.35. The summed E-state index contributed by atoms with van der Waals surface area (Å²) in [7, 11) is 0. The third-order valence-corrected chi connectivity index (χ3v) is 7.00. The summed E-state index contributed by atoms with van der Waals surface area (Å²) >= 11 is 0. The first kappa shape index (κ1) is 21.6. The zero-order valence-corrected chi connectivity index (χ0v) is 17.8. The van der Waals surface area contributed by atoms with Crippen molar-refractivity contribution in [3.8, 4) is 11.8 Å². The van der Waals surface area contributed by atoms with Gasteiger partial charge in [-0.1, -0.05) is 51.2 Å². The first-order valence-corrected chi connectivity index (χ1v) is 11.6. The van der Waals surface area contributed by atoms with Gasteiger partial charge in [-0.2, -0.15) is 5.26 Å². The van der Waals surface area contributed by atoms with Crippen LogP contribution in [0.4, 0.5) is 0 Å². The van der Waals surface area contributed by atoms with E-state index in [0.29, 0.717) is 17.2 Å². The molecule has 29 heavy (non-hydrogen) atoms. The number of esters is 1. The highest BCUT2D eigenvalue weighted by atomic mass is 16.5. The molecular weight excluding hydrogens is 358 g/mol. The highest BCUT2D eigenvalue weighted by Gasteiger charge is 2.26. The molecule has 2 saturated carbocycles. The molecule has 0 N–H and O–H groups in total. The van der Waals surface area contributed by atoms with Crippen LogP contribution in [0.15, 0.2) is 36.4 Å². The average molecular weight is 394 g/mol. The molecule has 0 atom stereocenters. The van der Waals surface area contributed by atoms with Gasteiger partial charge >= 0.3 is 5.97 Å². The van der Waals surface area contributed by atoms with Gasteiger partial charge in [-0.3, -0.25) is 4.79 Å². The molecule has 0 aliphatic heterocycles. The minimum absolute atomic E-state index is 0.00374. The molecule has 0 amide bonds. The number of hydrogen-bond acceptors (Lipinski definition) is 3. The summed E-state index contributed by atoms with van der Waals surface area (Å²) in [5.74, 6) is 2.95. The van der Waals surface area contributed by atoms with E-state index < -0.39 is 0 Å². The number of hydrogen-bond donors (Lipinski definition) is 0. The molecule has 0 heterocycles. The average Bonchev–Trinajstić information content (AvgIpc) is 2.78. The van der Waals surface area contributed by atoms with Gasteiger partial charge in [-0.15, -0.1) is 0 Å². The van der Waals surface area contributed by atoms with Crippen molar-refractivity contribution < 1.29 is 9.53 Å². The maximum atomic E-state index is 12.4. The minimum atomic E-state index is -0.125. The Labute approximate surface area is 176 Å². The fourth-order valence-corrected chi connectivity index (χ4v) is 4.89. The Bertz CT molecular complexity index is 699. The number of nitriles is 1. The lowest BCUT2D eigenvalue weighted by Gasteiger charge is -2.27. The van der Waals surface area contributed by atoms with E-state index in [-0.39, 0.29) is 11.9 Å². The second-order valence-corrected chi connectivity index (χ2v) is 8.97. The van der Waals surface area contributed by atoms with Crippen molar-refractivity contribution in [2.24, 2.45) is 23.7 Å². The third-order valence-electron chi connectivity index (χ3n) is 7.00. The van der Waals surface area contributed by atoms with Crippen LogP contribution in [0.25, 0.3) is 0 Å². The minimum Gasteiger partial charge on any atom is -0.426 e. The lowest BCUT2D eigenvalue weighted by Crippen LogP contribution is -2.25. The van der Waals surface area contributed by atoms with E-state index in [0.717, 1.165) is 37.5 Å². The summed E-state index contributed by atoms with van der Waals surface area (Å²) in [6, 6.07) is 8.82. The monoisotopic (exact) mass is 393 g/mol. The molecule has 0 saturated heterocycles. The third kappa shape index (κ3) is 6.74. The number of benzene rings is 1. The van der Waals surface area contributed by atoms with Crippen LogP contribution < -0.4 is 4.74 Å². The van der Waals surface area contributed by atoms with Gasteiger partial charge in [0.15, 0.2) is 0 Å². The van der Waals surface area contributed by atoms with Gasteiger partial charge < -0.3 is 4.74 Å². The van der Waals surface area contributed by atoms with Crippen LogP contribution in [-0.2, 0) is 4.79 Å². The SMILES string of the molecule is CCC1CCC(CC/C=C/C2CCC(C(=O)Oc3ccc(C#N)cc3)CC2)CC1. The predicted molar refractivity (Wildman–Crippen MR) is 116 cm³/mol. The molecule has 2 aliphatic rings. The van der Waals surface area contributed by atoms with Crippen molar-refractivity contribution in [1.29, 1.82) is 5.26 Å². The van der Waals surface area contributed by atoms with Crippen molar-refractivity contribution in [2.45, 2.75) is 77.6 Å². The molecule has 1 aromatic rings. The van der Waals surface area contributed by atoms with Gasteiger partial charge in [-0.25, -0.2) is 0 Å². The van der Waals surface area contributed by atoms with E-state index in [1.807, 2.05) is 0 Å². The van der Waals surface area contributed by atoms with Crippen molar-refractivity contribution in [3.63, 3.8) is 0 Å². The summed E-state index contributed by atoms with van der Waals surface area (Å²) in [5, 5.41) is 8.84. The summed E-state index contributed by atoms with van der Waals surface area (Å²) in [5.41, 5.74) is 0.575. The molecule has 1 aromatic carbocycles. The van der Waals surface area contributed by atoms with E-state index in [1.54, 1.807) is 24.3 Å². The number of nitrogens with zero attached hydrogens (tertiary/aromatic N) is 1. The van der Waals surface area contributed by atoms with Gasteiger partial charge in [0.25, 0.3) is 0 Å². The highest BCUT2D eigenvalue weighted by molar-refractivity contribution is 5.75. The van der Waals surface area contributed by atoms with E-state index >= 15 is 0 Å². The van der Waals surface area contributed by atoms with Gasteiger partial charge in [0.2, 0.25) is 0 Å². The second-order valence-electron chi connectivity index (χ2n) is 8.97. The van der Waals surface area contributed by atoms with Gasteiger partial charge in [-0.05, 0) is 80.5 Å². The van der Waals surface area contributed by atoms with Crippen LogP contribution in [-0.4, -0.2) is 5.97 Å². The quantitative estimate of drug-likeness (QED) is 0.290. The molecule has 2 fully saturated rings. The number of rotatable bonds is 7. The predicted octanol–water partition coefficient (Wildman–Crippen LogP) is 6.82. The van der Waals surface area contributed by atoms with Crippen LogP contribution in [0.1, 0.15) is 83.1 Å². The Hall–Kier alpha value is -2.08. The highest BCUT2D eigenvalue weighted by Crippen LogP contribution is 2.34. The van der Waals surface area contributed by atoms with Crippen LogP contribution in [0, 0.1) is 35.0 Å². The van der Waals surface area contributed by atoms with Crippen LogP contribution in [0.3, 0.4) is 0 Å². The van der Waals surface area contributed by atoms with Gasteiger partial charge in [0.1, 0.15) is 5.75 Å². The Morgan fingerprint density at radius 3 is 2.31 bits per heavy atom. The molecule has 3 heteroatoms. The smallest absolute Gasteiger partial charge is 0.314 e. The fourth-order valence-electron chi connectivity index (χ4n) is 4.89. The topological polar surface area (TPSA) is 50.1 Å². The first-order chi connectivity index (χ1) is 14.2. The fraction of sp³-hybridized carbons (Fsp3) is 0.615. The van der Waals surface area contributed by atoms with Crippen LogP contribution in [0.5, 0.6) is 5.75 Å². The van der Waals surface area contributed by atoms with E-state index in [1.165, 1.54) is 44.9 Å². The zero-order chi connectivity index (χ0) is 20.5. The Morgan fingerprint density at radius 2 is 1.69 bits per heavy atom. The molecule has 0 radical (unpaired) electrons. The molecule has 156 valence electrons.